The summed E-state index contributed by atoms with van der Waals surface area (Å²) in [7, 11) is 0. The molecule has 2 N–H and O–H groups in total. The van der Waals surface area contributed by atoms with Crippen molar-refractivity contribution in [3.63, 3.8) is 0 Å². The highest BCUT2D eigenvalue weighted by Crippen LogP contribution is 2.22. The van der Waals surface area contributed by atoms with E-state index in [0.29, 0.717) is 43.1 Å². The average molecular weight is 292 g/mol. The molecule has 0 unspecified atom stereocenters. The third kappa shape index (κ3) is 2.99. The van der Waals surface area contributed by atoms with Crippen molar-refractivity contribution in [1.82, 2.24) is 14.5 Å². The van der Waals surface area contributed by atoms with Crippen LogP contribution in [0.1, 0.15) is 25.8 Å². The topological polar surface area (TPSA) is 64.2 Å². The number of fused-ring (bicyclic) bond motifs is 1. The van der Waals surface area contributed by atoms with E-state index in [2.05, 4.69) is 4.98 Å². The second-order valence-electron chi connectivity index (χ2n) is 5.03. The summed E-state index contributed by atoms with van der Waals surface area (Å²) in [4.78, 5) is 18.0. The van der Waals surface area contributed by atoms with E-state index in [1.165, 1.54) is 6.07 Å². The summed E-state index contributed by atoms with van der Waals surface area (Å²) < 4.78 is 15.3. The number of nitrogens with zero attached hydrogens (tertiary/aromatic N) is 3. The number of benzene rings is 1. The molecule has 1 aromatic carbocycles. The molecule has 0 saturated heterocycles. The number of halogens is 1. The molecule has 0 aliphatic heterocycles. The number of nitrogen functional groups attached to an aromatic ring is 1. The summed E-state index contributed by atoms with van der Waals surface area (Å²) in [5, 5.41) is 0. The number of aryl methyl sites for hydroxylation is 2. The lowest BCUT2D eigenvalue weighted by Crippen LogP contribution is -2.31. The Kier molecular flexibility index (Phi) is 4.45. The highest BCUT2D eigenvalue weighted by atomic mass is 19.1. The second kappa shape index (κ2) is 6.11. The number of imidazole rings is 1. The molecule has 21 heavy (non-hydrogen) atoms. The van der Waals surface area contributed by atoms with Crippen LogP contribution in [0.5, 0.6) is 0 Å². The fourth-order valence-electron chi connectivity index (χ4n) is 2.45. The molecule has 0 aliphatic rings. The summed E-state index contributed by atoms with van der Waals surface area (Å²) in [5.41, 5.74) is 7.71. The highest BCUT2D eigenvalue weighted by molar-refractivity contribution is 5.80. The first kappa shape index (κ1) is 15.3. The molecule has 0 radical (unpaired) electrons. The van der Waals surface area contributed by atoms with Crippen LogP contribution in [0.2, 0.25) is 0 Å². The predicted octanol–water partition coefficient (Wildman–Crippen LogP) is 2.32. The van der Waals surface area contributed by atoms with E-state index in [4.69, 9.17) is 5.73 Å². The first-order valence-electron chi connectivity index (χ1n) is 7.17. The molecule has 0 bridgehead atoms. The zero-order valence-corrected chi connectivity index (χ0v) is 12.7. The summed E-state index contributed by atoms with van der Waals surface area (Å²) in [6.07, 6.45) is 0.355. The number of carbonyl (C=O) groups excluding carboxylic acids is 1. The molecule has 0 aliphatic carbocycles. The minimum atomic E-state index is -0.300. The van der Waals surface area contributed by atoms with Crippen molar-refractivity contribution in [1.29, 1.82) is 0 Å². The van der Waals surface area contributed by atoms with Crippen LogP contribution in [0.25, 0.3) is 11.0 Å². The molecule has 114 valence electrons. The Morgan fingerprint density at radius 3 is 2.67 bits per heavy atom. The van der Waals surface area contributed by atoms with Crippen LogP contribution in [0.4, 0.5) is 10.3 Å². The fraction of sp³-hybridized carbons (Fsp3) is 0.467. The first-order valence-corrected chi connectivity index (χ1v) is 7.17. The number of amides is 1. The quantitative estimate of drug-likeness (QED) is 0.920. The van der Waals surface area contributed by atoms with Crippen molar-refractivity contribution in [2.75, 3.05) is 18.8 Å². The Morgan fingerprint density at radius 2 is 2.05 bits per heavy atom. The van der Waals surface area contributed by atoms with E-state index in [1.807, 2.05) is 13.8 Å². The maximum Gasteiger partial charge on any atom is 0.224 e. The van der Waals surface area contributed by atoms with Crippen LogP contribution in [0.15, 0.2) is 12.1 Å². The van der Waals surface area contributed by atoms with Crippen molar-refractivity contribution < 1.29 is 9.18 Å². The number of rotatable bonds is 5. The summed E-state index contributed by atoms with van der Waals surface area (Å²) in [6, 6.07) is 3.10. The van der Waals surface area contributed by atoms with Crippen LogP contribution in [0, 0.1) is 12.7 Å². The molecule has 2 rings (SSSR count). The molecular formula is C15H21FN4O. The van der Waals surface area contributed by atoms with E-state index in [0.717, 1.165) is 5.52 Å². The second-order valence-corrected chi connectivity index (χ2v) is 5.03. The van der Waals surface area contributed by atoms with Crippen LogP contribution >= 0.6 is 0 Å². The van der Waals surface area contributed by atoms with Crippen molar-refractivity contribution in [3.8, 4) is 0 Å². The summed E-state index contributed by atoms with van der Waals surface area (Å²) >= 11 is 0. The third-order valence-electron chi connectivity index (χ3n) is 3.72. The smallest absolute Gasteiger partial charge is 0.224 e. The predicted molar refractivity (Wildman–Crippen MR) is 81.4 cm³/mol. The van der Waals surface area contributed by atoms with Gasteiger partial charge in [-0.2, -0.15) is 0 Å². The Balaban J connectivity index is 2.24. The average Bonchev–Trinajstić information content (AvgIpc) is 2.73. The van der Waals surface area contributed by atoms with Gasteiger partial charge in [-0.3, -0.25) is 4.79 Å². The van der Waals surface area contributed by atoms with E-state index in [9.17, 15) is 9.18 Å². The van der Waals surface area contributed by atoms with Gasteiger partial charge in [-0.25, -0.2) is 9.37 Å². The van der Waals surface area contributed by atoms with Crippen molar-refractivity contribution in [2.24, 2.45) is 0 Å². The lowest BCUT2D eigenvalue weighted by atomic mass is 10.2. The summed E-state index contributed by atoms with van der Waals surface area (Å²) in [6.45, 7) is 7.44. The molecule has 1 aromatic heterocycles. The maximum atomic E-state index is 13.6. The Hall–Kier alpha value is -2.11. The van der Waals surface area contributed by atoms with Gasteiger partial charge in [-0.15, -0.1) is 0 Å². The highest BCUT2D eigenvalue weighted by Gasteiger charge is 2.14. The normalized spacial score (nSPS) is 11.0. The van der Waals surface area contributed by atoms with E-state index in [1.54, 1.807) is 22.5 Å². The molecular weight excluding hydrogens is 271 g/mol. The van der Waals surface area contributed by atoms with Crippen molar-refractivity contribution in [2.45, 2.75) is 33.7 Å². The largest absolute Gasteiger partial charge is 0.369 e. The summed E-state index contributed by atoms with van der Waals surface area (Å²) in [5.74, 6) is 0.0915. The van der Waals surface area contributed by atoms with Gasteiger partial charge in [0.2, 0.25) is 11.9 Å². The lowest BCUT2D eigenvalue weighted by Gasteiger charge is -2.18. The van der Waals surface area contributed by atoms with Gasteiger partial charge in [0.1, 0.15) is 5.82 Å². The molecule has 0 fully saturated rings. The van der Waals surface area contributed by atoms with Crippen molar-refractivity contribution >= 4 is 22.9 Å². The first-order chi connectivity index (χ1) is 9.97. The van der Waals surface area contributed by atoms with Crippen LogP contribution in [-0.2, 0) is 11.3 Å². The number of carbonyl (C=O) groups is 1. The Bertz CT molecular complexity index is 661. The minimum Gasteiger partial charge on any atom is -0.369 e. The van der Waals surface area contributed by atoms with Gasteiger partial charge in [0.25, 0.3) is 0 Å². The van der Waals surface area contributed by atoms with Gasteiger partial charge in [-0.1, -0.05) is 0 Å². The number of aromatic nitrogens is 2. The Labute approximate surface area is 123 Å². The Morgan fingerprint density at radius 1 is 1.38 bits per heavy atom. The number of anilines is 1. The number of nitrogens with two attached hydrogens (primary N) is 1. The molecule has 2 aromatic rings. The molecule has 0 spiro atoms. The molecule has 1 amide bonds. The van der Waals surface area contributed by atoms with Crippen molar-refractivity contribution in [3.05, 3.63) is 23.5 Å². The molecule has 0 saturated carbocycles. The zero-order chi connectivity index (χ0) is 15.6. The monoisotopic (exact) mass is 292 g/mol. The van der Waals surface area contributed by atoms with E-state index < -0.39 is 0 Å². The maximum absolute atomic E-state index is 13.6. The van der Waals surface area contributed by atoms with Gasteiger partial charge in [-0.05, 0) is 32.4 Å². The fourth-order valence-corrected chi connectivity index (χ4v) is 2.45. The van der Waals surface area contributed by atoms with Gasteiger partial charge in [0.15, 0.2) is 0 Å². The SMILES string of the molecule is CCN(CC)C(=O)CCn1c(N)nc2cc(F)c(C)cc21. The van der Waals surface area contributed by atoms with Gasteiger partial charge in [0, 0.05) is 32.1 Å². The van der Waals surface area contributed by atoms with Gasteiger partial charge in [0.05, 0.1) is 11.0 Å². The molecule has 0 atom stereocenters. The lowest BCUT2D eigenvalue weighted by molar-refractivity contribution is -0.131. The molecule has 6 heteroatoms. The van der Waals surface area contributed by atoms with E-state index in [-0.39, 0.29) is 11.7 Å². The molecule has 5 nitrogen and oxygen atoms in total. The number of hydrogen-bond donors (Lipinski definition) is 1. The van der Waals surface area contributed by atoms with Crippen LogP contribution in [-0.4, -0.2) is 33.4 Å². The standard InChI is InChI=1S/C15H21FN4O/c1-4-19(5-2)14(21)6-7-20-13-8-10(3)11(16)9-12(13)18-15(20)17/h8-9H,4-7H2,1-3H3,(H2,17,18). The minimum absolute atomic E-state index is 0.0834. The van der Waals surface area contributed by atoms with Gasteiger partial charge >= 0.3 is 0 Å². The number of hydrogen-bond acceptors (Lipinski definition) is 3. The van der Waals surface area contributed by atoms with E-state index >= 15 is 0 Å². The molecule has 1 heterocycles. The van der Waals surface area contributed by atoms with Crippen LogP contribution < -0.4 is 5.73 Å². The third-order valence-corrected chi connectivity index (χ3v) is 3.72. The van der Waals surface area contributed by atoms with Gasteiger partial charge < -0.3 is 15.2 Å². The van der Waals surface area contributed by atoms with Crippen LogP contribution in [0.3, 0.4) is 0 Å². The zero-order valence-electron chi connectivity index (χ0n) is 12.7.